The summed E-state index contributed by atoms with van der Waals surface area (Å²) < 4.78 is 0. The van der Waals surface area contributed by atoms with Crippen molar-refractivity contribution in [2.75, 3.05) is 13.6 Å². The first kappa shape index (κ1) is 12.6. The summed E-state index contributed by atoms with van der Waals surface area (Å²) in [6.45, 7) is 0.161. The van der Waals surface area contributed by atoms with Crippen LogP contribution < -0.4 is 5.32 Å². The zero-order valence-corrected chi connectivity index (χ0v) is 8.92. The maximum Gasteiger partial charge on any atom is 0.150 e. The van der Waals surface area contributed by atoms with Gasteiger partial charge >= 0.3 is 0 Å². The first-order valence-corrected chi connectivity index (χ1v) is 4.89. The van der Waals surface area contributed by atoms with Gasteiger partial charge in [0.25, 0.3) is 0 Å². The predicted octanol–water partition coefficient (Wildman–Crippen LogP) is -0.182. The van der Waals surface area contributed by atoms with Crippen LogP contribution >= 0.6 is 0 Å². The summed E-state index contributed by atoms with van der Waals surface area (Å²) in [5.41, 5.74) is 0.225. The van der Waals surface area contributed by atoms with Crippen molar-refractivity contribution in [3.63, 3.8) is 0 Å². The largest absolute Gasteiger partial charge is 0.508 e. The van der Waals surface area contributed by atoms with Crippen LogP contribution in [-0.4, -0.2) is 41.3 Å². The molecule has 1 aromatic carbocycles. The average Bonchev–Trinajstić information content (AvgIpc) is 2.28. The number of likely N-dealkylation sites (N-methyl/N-ethyl adjacent to an activating group) is 1. The Morgan fingerprint density at radius 3 is 2.69 bits per heavy atom. The Labute approximate surface area is 93.4 Å². The first-order chi connectivity index (χ1) is 7.61. The number of carbonyl (C=O) groups is 1. The number of phenols is 1. The highest BCUT2D eigenvalue weighted by Gasteiger charge is 2.23. The number of aliphatic hydroxyl groups excluding tert-OH is 2. The van der Waals surface area contributed by atoms with Crippen LogP contribution in [0.25, 0.3) is 0 Å². The molecule has 5 nitrogen and oxygen atoms in total. The van der Waals surface area contributed by atoms with Gasteiger partial charge in [-0.2, -0.15) is 0 Å². The second-order valence-corrected chi connectivity index (χ2v) is 3.47. The molecule has 0 saturated heterocycles. The van der Waals surface area contributed by atoms with Crippen LogP contribution in [-0.2, 0) is 0 Å². The van der Waals surface area contributed by atoms with Gasteiger partial charge in [0.2, 0.25) is 0 Å². The van der Waals surface area contributed by atoms with Crippen molar-refractivity contribution < 1.29 is 20.1 Å². The fraction of sp³-hybridized carbons (Fsp3) is 0.364. The van der Waals surface area contributed by atoms with Crippen molar-refractivity contribution in [2.45, 2.75) is 12.2 Å². The van der Waals surface area contributed by atoms with Gasteiger partial charge < -0.3 is 20.6 Å². The lowest BCUT2D eigenvalue weighted by atomic mass is 9.98. The van der Waals surface area contributed by atoms with E-state index in [-0.39, 0.29) is 23.4 Å². The summed E-state index contributed by atoms with van der Waals surface area (Å²) in [5.74, 6) is -0.202. The molecule has 0 saturated carbocycles. The molecule has 4 N–H and O–H groups in total. The number of benzene rings is 1. The predicted molar refractivity (Wildman–Crippen MR) is 58.4 cm³/mol. The normalized spacial score (nSPS) is 14.4. The van der Waals surface area contributed by atoms with Gasteiger partial charge in [-0.1, -0.05) is 12.1 Å². The number of carbonyl (C=O) groups excluding carboxylic acids is 1. The van der Waals surface area contributed by atoms with Crippen LogP contribution in [0.3, 0.4) is 0 Å². The zero-order valence-electron chi connectivity index (χ0n) is 8.92. The molecule has 5 heteroatoms. The highest BCUT2D eigenvalue weighted by Crippen LogP contribution is 2.28. The first-order valence-electron chi connectivity index (χ1n) is 4.89. The maximum atomic E-state index is 10.7. The quantitative estimate of drug-likeness (QED) is 0.522. The van der Waals surface area contributed by atoms with Gasteiger partial charge in [0.15, 0.2) is 6.29 Å². The van der Waals surface area contributed by atoms with E-state index in [1.165, 1.54) is 18.2 Å². The van der Waals surface area contributed by atoms with Gasteiger partial charge in [0, 0.05) is 17.7 Å². The molecule has 1 aromatic rings. The van der Waals surface area contributed by atoms with E-state index in [1.807, 2.05) is 0 Å². The molecule has 0 aromatic heterocycles. The van der Waals surface area contributed by atoms with Crippen molar-refractivity contribution in [3.8, 4) is 5.75 Å². The standard InChI is InChI=1S/C11H15NO4/c1-12-5-9(15)11(16)10-7(6-13)3-2-4-8(10)14/h2-4,6,9,11-12,14-16H,5H2,1H3. The van der Waals surface area contributed by atoms with E-state index in [4.69, 9.17) is 0 Å². The smallest absolute Gasteiger partial charge is 0.150 e. The molecule has 0 heterocycles. The lowest BCUT2D eigenvalue weighted by molar-refractivity contribution is 0.0185. The van der Waals surface area contributed by atoms with Gasteiger partial charge in [0.05, 0.1) is 6.10 Å². The van der Waals surface area contributed by atoms with E-state index in [0.29, 0.717) is 6.29 Å². The third-order valence-corrected chi connectivity index (χ3v) is 2.32. The minimum atomic E-state index is -1.30. The summed E-state index contributed by atoms with van der Waals surface area (Å²) in [6, 6.07) is 4.33. The number of phenolic OH excluding ortho intramolecular Hbond substituents is 1. The Balaban J connectivity index is 3.06. The van der Waals surface area contributed by atoms with Gasteiger partial charge in [-0.3, -0.25) is 4.79 Å². The van der Waals surface area contributed by atoms with Crippen LogP contribution in [0.4, 0.5) is 0 Å². The molecule has 1 rings (SSSR count). The highest BCUT2D eigenvalue weighted by molar-refractivity contribution is 5.79. The molecule has 16 heavy (non-hydrogen) atoms. The molecular formula is C11H15NO4. The third-order valence-electron chi connectivity index (χ3n) is 2.32. The van der Waals surface area contributed by atoms with E-state index >= 15 is 0 Å². The fourth-order valence-electron chi connectivity index (χ4n) is 1.51. The molecular weight excluding hydrogens is 210 g/mol. The number of hydrogen-bond acceptors (Lipinski definition) is 5. The molecule has 0 fully saturated rings. The SMILES string of the molecule is CNCC(O)C(O)c1c(O)cccc1C=O. The summed E-state index contributed by atoms with van der Waals surface area (Å²) in [4.78, 5) is 10.7. The highest BCUT2D eigenvalue weighted by atomic mass is 16.3. The number of rotatable bonds is 5. The lowest BCUT2D eigenvalue weighted by Gasteiger charge is -2.20. The summed E-state index contributed by atoms with van der Waals surface area (Å²) in [6.07, 6.45) is -1.85. The van der Waals surface area contributed by atoms with Crippen molar-refractivity contribution in [1.82, 2.24) is 5.32 Å². The molecule has 0 bridgehead atoms. The third kappa shape index (κ3) is 2.57. The second-order valence-electron chi connectivity index (χ2n) is 3.47. The van der Waals surface area contributed by atoms with Gasteiger partial charge in [0.1, 0.15) is 11.9 Å². The summed E-state index contributed by atoms with van der Waals surface area (Å²) in [5, 5.41) is 31.6. The van der Waals surface area contributed by atoms with Crippen LogP contribution in [0.2, 0.25) is 0 Å². The number of nitrogens with one attached hydrogen (secondary N) is 1. The summed E-state index contributed by atoms with van der Waals surface area (Å²) in [7, 11) is 1.63. The minimum Gasteiger partial charge on any atom is -0.508 e. The maximum absolute atomic E-state index is 10.7. The lowest BCUT2D eigenvalue weighted by Crippen LogP contribution is -2.30. The molecule has 2 atom stereocenters. The zero-order chi connectivity index (χ0) is 12.1. The van der Waals surface area contributed by atoms with Crippen LogP contribution in [0, 0.1) is 0 Å². The number of aromatic hydroxyl groups is 1. The number of aldehydes is 1. The van der Waals surface area contributed by atoms with E-state index in [0.717, 1.165) is 0 Å². The topological polar surface area (TPSA) is 89.8 Å². The molecule has 88 valence electrons. The van der Waals surface area contributed by atoms with Crippen molar-refractivity contribution >= 4 is 6.29 Å². The monoisotopic (exact) mass is 225 g/mol. The average molecular weight is 225 g/mol. The molecule has 0 aliphatic heterocycles. The van der Waals surface area contributed by atoms with Gasteiger partial charge in [-0.25, -0.2) is 0 Å². The van der Waals surface area contributed by atoms with Gasteiger partial charge in [-0.15, -0.1) is 0 Å². The molecule has 0 aliphatic carbocycles. The molecule has 0 amide bonds. The van der Waals surface area contributed by atoms with E-state index in [1.54, 1.807) is 7.05 Å². The van der Waals surface area contributed by atoms with Crippen molar-refractivity contribution in [3.05, 3.63) is 29.3 Å². The number of aliphatic hydroxyl groups is 2. The summed E-state index contributed by atoms with van der Waals surface area (Å²) >= 11 is 0. The van der Waals surface area contributed by atoms with Crippen molar-refractivity contribution in [1.29, 1.82) is 0 Å². The van der Waals surface area contributed by atoms with E-state index in [9.17, 15) is 20.1 Å². The van der Waals surface area contributed by atoms with E-state index < -0.39 is 12.2 Å². The van der Waals surface area contributed by atoms with Crippen LogP contribution in [0.15, 0.2) is 18.2 Å². The van der Waals surface area contributed by atoms with Crippen molar-refractivity contribution in [2.24, 2.45) is 0 Å². The van der Waals surface area contributed by atoms with Crippen LogP contribution in [0.5, 0.6) is 5.75 Å². The Hall–Kier alpha value is -1.43. The molecule has 0 aliphatic rings. The minimum absolute atomic E-state index is 0.0558. The molecule has 2 unspecified atom stereocenters. The fourth-order valence-corrected chi connectivity index (χ4v) is 1.51. The Morgan fingerprint density at radius 1 is 1.44 bits per heavy atom. The van der Waals surface area contributed by atoms with Crippen LogP contribution in [0.1, 0.15) is 22.0 Å². The Kier molecular flexibility index (Phi) is 4.42. The second kappa shape index (κ2) is 5.60. The Morgan fingerprint density at radius 2 is 2.12 bits per heavy atom. The van der Waals surface area contributed by atoms with E-state index in [2.05, 4.69) is 5.32 Å². The Bertz CT molecular complexity index is 367. The molecule has 0 spiro atoms. The number of hydrogen-bond donors (Lipinski definition) is 4. The van der Waals surface area contributed by atoms with Gasteiger partial charge in [-0.05, 0) is 13.1 Å². The molecule has 0 radical (unpaired) electrons.